The Balaban J connectivity index is 2.73. The van der Waals surface area contributed by atoms with Crippen LogP contribution in [0.5, 0.6) is 5.75 Å². The predicted octanol–water partition coefficient (Wildman–Crippen LogP) is 2.14. The Morgan fingerprint density at radius 2 is 2.00 bits per heavy atom. The molecule has 2 rings (SSSR count). The predicted molar refractivity (Wildman–Crippen MR) is 56.0 cm³/mol. The molecule has 0 bridgehead atoms. The lowest BCUT2D eigenvalue weighted by Gasteiger charge is -2.08. The maximum absolute atomic E-state index is 11.4. The number of methoxy groups -OCH3 is 1. The molecule has 0 spiro atoms. The van der Waals surface area contributed by atoms with Crippen molar-refractivity contribution in [1.29, 1.82) is 0 Å². The van der Waals surface area contributed by atoms with Crippen LogP contribution in [0.2, 0.25) is 10.0 Å². The first kappa shape index (κ1) is 10.3. The van der Waals surface area contributed by atoms with Crippen molar-refractivity contribution in [3.63, 3.8) is 0 Å². The largest absolute Gasteiger partial charge is 0.494 e. The van der Waals surface area contributed by atoms with Gasteiger partial charge in [-0.2, -0.15) is 0 Å². The van der Waals surface area contributed by atoms with Gasteiger partial charge in [-0.15, -0.1) is 0 Å². The van der Waals surface area contributed by atoms with Gasteiger partial charge < -0.3 is 10.1 Å². The van der Waals surface area contributed by atoms with Crippen LogP contribution in [0.4, 0.5) is 5.69 Å². The average Bonchev–Trinajstić information content (AvgIpc) is 2.43. The minimum absolute atomic E-state index is 0.0587. The number of carbonyl (C=O) groups excluding carboxylic acids is 2. The van der Waals surface area contributed by atoms with Gasteiger partial charge in [-0.1, -0.05) is 23.2 Å². The molecule has 15 heavy (non-hydrogen) atoms. The Morgan fingerprint density at radius 1 is 1.33 bits per heavy atom. The maximum atomic E-state index is 11.4. The second-order valence-electron chi connectivity index (χ2n) is 2.91. The first-order chi connectivity index (χ1) is 7.06. The molecular weight excluding hydrogens is 241 g/mol. The van der Waals surface area contributed by atoms with E-state index in [0.29, 0.717) is 5.69 Å². The monoisotopic (exact) mass is 245 g/mol. The molecule has 1 amide bonds. The lowest BCUT2D eigenvalue weighted by atomic mass is 10.1. The highest BCUT2D eigenvalue weighted by Crippen LogP contribution is 2.42. The highest BCUT2D eigenvalue weighted by atomic mass is 35.5. The minimum Gasteiger partial charge on any atom is -0.494 e. The summed E-state index contributed by atoms with van der Waals surface area (Å²) in [5, 5.41) is 2.67. The van der Waals surface area contributed by atoms with Crippen molar-refractivity contribution in [2.75, 3.05) is 12.4 Å². The molecule has 0 atom stereocenters. The smallest absolute Gasteiger partial charge is 0.296 e. The number of halogens is 2. The third kappa shape index (κ3) is 1.37. The minimum atomic E-state index is -0.712. The van der Waals surface area contributed by atoms with E-state index in [-0.39, 0.29) is 21.4 Å². The summed E-state index contributed by atoms with van der Waals surface area (Å²) >= 11 is 11.7. The summed E-state index contributed by atoms with van der Waals surface area (Å²) in [5.74, 6) is -1.19. The van der Waals surface area contributed by atoms with E-state index in [1.54, 1.807) is 0 Å². The highest BCUT2D eigenvalue weighted by Gasteiger charge is 2.33. The number of amides is 1. The molecule has 1 aliphatic rings. The number of anilines is 1. The quantitative estimate of drug-likeness (QED) is 0.772. The molecule has 1 N–H and O–H groups in total. The second kappa shape index (κ2) is 3.40. The third-order valence-corrected chi connectivity index (χ3v) is 2.70. The fourth-order valence-corrected chi connectivity index (χ4v) is 2.10. The van der Waals surface area contributed by atoms with E-state index in [1.807, 2.05) is 0 Å². The summed E-state index contributed by atoms with van der Waals surface area (Å²) in [5.41, 5.74) is 0.434. The fourth-order valence-electron chi connectivity index (χ4n) is 1.40. The normalized spacial score (nSPS) is 13.8. The summed E-state index contributed by atoms with van der Waals surface area (Å²) in [6.07, 6.45) is 0. The standard InChI is InChI=1S/C9H5Cl2NO3/c1-15-8-3(10)2-4-5(6(8)11)7(13)9(14)12-4/h2H,1H3,(H,12,13,14). The van der Waals surface area contributed by atoms with Gasteiger partial charge in [-0.3, -0.25) is 9.59 Å². The van der Waals surface area contributed by atoms with Crippen LogP contribution in [0.25, 0.3) is 0 Å². The van der Waals surface area contributed by atoms with Crippen LogP contribution in [-0.2, 0) is 4.79 Å². The number of Topliss-reactive ketones (excluding diaryl/α,β-unsaturated/α-hetero) is 1. The summed E-state index contributed by atoms with van der Waals surface area (Å²) in [4.78, 5) is 22.5. The SMILES string of the molecule is COc1c(Cl)cc2c(c1Cl)C(=O)C(=O)N2. The molecule has 0 unspecified atom stereocenters. The Hall–Kier alpha value is -1.26. The molecule has 1 aliphatic heterocycles. The van der Waals surface area contributed by atoms with Crippen molar-refractivity contribution in [1.82, 2.24) is 0 Å². The number of hydrogen-bond acceptors (Lipinski definition) is 3. The van der Waals surface area contributed by atoms with Crippen LogP contribution in [0.1, 0.15) is 10.4 Å². The molecule has 0 fully saturated rings. The lowest BCUT2D eigenvalue weighted by Crippen LogP contribution is -2.12. The van der Waals surface area contributed by atoms with Crippen molar-refractivity contribution >= 4 is 40.6 Å². The van der Waals surface area contributed by atoms with Gasteiger partial charge in [0.2, 0.25) is 0 Å². The molecule has 6 heteroatoms. The number of carbonyl (C=O) groups is 2. The number of benzene rings is 1. The van der Waals surface area contributed by atoms with E-state index in [0.717, 1.165) is 0 Å². The molecule has 78 valence electrons. The zero-order valence-corrected chi connectivity index (χ0v) is 9.07. The first-order valence-electron chi connectivity index (χ1n) is 3.98. The van der Waals surface area contributed by atoms with Crippen LogP contribution < -0.4 is 10.1 Å². The van der Waals surface area contributed by atoms with Gasteiger partial charge in [-0.25, -0.2) is 0 Å². The van der Waals surface area contributed by atoms with Gasteiger partial charge in [-0.05, 0) is 6.07 Å². The van der Waals surface area contributed by atoms with Crippen molar-refractivity contribution < 1.29 is 14.3 Å². The number of hydrogen-bond donors (Lipinski definition) is 1. The van der Waals surface area contributed by atoms with Gasteiger partial charge >= 0.3 is 0 Å². The molecule has 0 aliphatic carbocycles. The molecule has 1 aromatic rings. The van der Waals surface area contributed by atoms with Crippen molar-refractivity contribution in [2.45, 2.75) is 0 Å². The molecule has 0 aromatic heterocycles. The molecule has 0 radical (unpaired) electrons. The van der Waals surface area contributed by atoms with Crippen molar-refractivity contribution in [2.24, 2.45) is 0 Å². The maximum Gasteiger partial charge on any atom is 0.296 e. The molecule has 1 aromatic carbocycles. The summed E-state index contributed by atoms with van der Waals surface area (Å²) in [7, 11) is 1.38. The molecule has 0 saturated heterocycles. The summed E-state index contributed by atoms with van der Waals surface area (Å²) in [6, 6.07) is 1.43. The Kier molecular flexibility index (Phi) is 2.32. The third-order valence-electron chi connectivity index (χ3n) is 2.06. The summed E-state index contributed by atoms with van der Waals surface area (Å²) in [6.45, 7) is 0. The van der Waals surface area contributed by atoms with Gasteiger partial charge in [0.15, 0.2) is 5.75 Å². The lowest BCUT2D eigenvalue weighted by molar-refractivity contribution is -0.112. The number of fused-ring (bicyclic) bond motifs is 1. The molecular formula is C9H5Cl2NO3. The van der Waals surface area contributed by atoms with E-state index >= 15 is 0 Å². The number of ketones is 1. The van der Waals surface area contributed by atoms with Gasteiger partial charge in [0.1, 0.15) is 0 Å². The van der Waals surface area contributed by atoms with Crippen molar-refractivity contribution in [3.05, 3.63) is 21.7 Å². The first-order valence-corrected chi connectivity index (χ1v) is 4.73. The Morgan fingerprint density at radius 3 is 2.60 bits per heavy atom. The second-order valence-corrected chi connectivity index (χ2v) is 3.70. The zero-order valence-electron chi connectivity index (χ0n) is 7.56. The highest BCUT2D eigenvalue weighted by molar-refractivity contribution is 6.55. The van der Waals surface area contributed by atoms with Crippen LogP contribution in [0, 0.1) is 0 Å². The van der Waals surface area contributed by atoms with Gasteiger partial charge in [0.25, 0.3) is 11.7 Å². The van der Waals surface area contributed by atoms with Crippen molar-refractivity contribution in [3.8, 4) is 5.75 Å². The van der Waals surface area contributed by atoms with E-state index < -0.39 is 11.7 Å². The van der Waals surface area contributed by atoms with Gasteiger partial charge in [0.05, 0.1) is 28.4 Å². The van der Waals surface area contributed by atoms with Crippen LogP contribution in [-0.4, -0.2) is 18.8 Å². The zero-order chi connectivity index (χ0) is 11.2. The topological polar surface area (TPSA) is 55.4 Å². The van der Waals surface area contributed by atoms with Crippen LogP contribution >= 0.6 is 23.2 Å². The van der Waals surface area contributed by atoms with Crippen LogP contribution in [0.15, 0.2) is 6.07 Å². The molecule has 1 heterocycles. The molecule has 4 nitrogen and oxygen atoms in total. The van der Waals surface area contributed by atoms with E-state index in [9.17, 15) is 9.59 Å². The Labute approximate surface area is 95.1 Å². The van der Waals surface area contributed by atoms with E-state index in [2.05, 4.69) is 5.32 Å². The fraction of sp³-hybridized carbons (Fsp3) is 0.111. The number of nitrogens with one attached hydrogen (secondary N) is 1. The van der Waals surface area contributed by atoms with E-state index in [4.69, 9.17) is 27.9 Å². The van der Waals surface area contributed by atoms with E-state index in [1.165, 1.54) is 13.2 Å². The molecule has 0 saturated carbocycles. The van der Waals surface area contributed by atoms with Gasteiger partial charge in [0, 0.05) is 0 Å². The average molecular weight is 246 g/mol. The summed E-state index contributed by atoms with van der Waals surface area (Å²) < 4.78 is 4.93. The number of rotatable bonds is 1. The van der Waals surface area contributed by atoms with Crippen LogP contribution in [0.3, 0.4) is 0 Å². The number of ether oxygens (including phenoxy) is 1. The Bertz CT molecular complexity index is 485.